The van der Waals surface area contributed by atoms with Gasteiger partial charge in [0, 0.05) is 18.5 Å². The summed E-state index contributed by atoms with van der Waals surface area (Å²) in [5, 5.41) is 3.31. The lowest BCUT2D eigenvalue weighted by Crippen LogP contribution is -2.56. The summed E-state index contributed by atoms with van der Waals surface area (Å²) in [6.45, 7) is 2.76. The van der Waals surface area contributed by atoms with E-state index in [9.17, 15) is 9.59 Å². The molecule has 0 radical (unpaired) electrons. The highest BCUT2D eigenvalue weighted by molar-refractivity contribution is 5.97. The van der Waals surface area contributed by atoms with Gasteiger partial charge >= 0.3 is 0 Å². The normalized spacial score (nSPS) is 36.0. The lowest BCUT2D eigenvalue weighted by molar-refractivity contribution is -0.140. The average molecular weight is 449 g/mol. The van der Waals surface area contributed by atoms with Gasteiger partial charge in [0.1, 0.15) is 11.6 Å². The Balaban J connectivity index is 1.35. The van der Waals surface area contributed by atoms with E-state index in [-0.39, 0.29) is 35.8 Å². The molecule has 4 fully saturated rings. The highest BCUT2D eigenvalue weighted by atomic mass is 16.5. The summed E-state index contributed by atoms with van der Waals surface area (Å²) in [6, 6.07) is 8.17. The second-order valence-corrected chi connectivity index (χ2v) is 11.1. The van der Waals surface area contributed by atoms with Crippen molar-refractivity contribution < 1.29 is 14.3 Å². The van der Waals surface area contributed by atoms with Gasteiger partial charge in [-0.15, -0.1) is 0 Å². The molecule has 33 heavy (non-hydrogen) atoms. The van der Waals surface area contributed by atoms with Gasteiger partial charge in [0.15, 0.2) is 0 Å². The van der Waals surface area contributed by atoms with Crippen LogP contribution in [0.3, 0.4) is 0 Å². The van der Waals surface area contributed by atoms with E-state index < -0.39 is 11.6 Å². The number of nitrogens with one attached hydrogen (secondary N) is 1. The molecule has 176 valence electrons. The minimum atomic E-state index is -0.839. The van der Waals surface area contributed by atoms with Crippen LogP contribution in [0.15, 0.2) is 36.4 Å². The first-order valence-corrected chi connectivity index (χ1v) is 13.1. The number of hydrogen-bond acceptors (Lipinski definition) is 3. The van der Waals surface area contributed by atoms with Gasteiger partial charge in [0.05, 0.1) is 12.0 Å². The molecule has 2 saturated heterocycles. The molecule has 5 heteroatoms. The molecule has 2 saturated carbocycles. The first kappa shape index (κ1) is 21.4. The van der Waals surface area contributed by atoms with E-state index in [1.54, 1.807) is 0 Å². The zero-order valence-corrected chi connectivity index (χ0v) is 19.7. The first-order valence-electron chi connectivity index (χ1n) is 13.1. The van der Waals surface area contributed by atoms with Crippen LogP contribution in [0.2, 0.25) is 0 Å². The van der Waals surface area contributed by atoms with Crippen molar-refractivity contribution in [3.05, 3.63) is 47.5 Å². The Bertz CT molecular complexity index is 944. The smallest absolute Gasteiger partial charge is 0.246 e. The fourth-order valence-electron chi connectivity index (χ4n) is 7.33. The Morgan fingerprint density at radius 3 is 2.48 bits per heavy atom. The summed E-state index contributed by atoms with van der Waals surface area (Å²) in [5.74, 6) is 0.242. The molecule has 1 aromatic carbocycles. The van der Waals surface area contributed by atoms with Gasteiger partial charge in [-0.1, -0.05) is 74.1 Å². The van der Waals surface area contributed by atoms with Gasteiger partial charge in [-0.3, -0.25) is 9.59 Å². The maximum absolute atomic E-state index is 14.1. The number of ether oxygens (including phenoxy) is 1. The lowest BCUT2D eigenvalue weighted by Gasteiger charge is -2.35. The van der Waals surface area contributed by atoms with E-state index in [4.69, 9.17) is 4.74 Å². The van der Waals surface area contributed by atoms with Gasteiger partial charge in [-0.25, -0.2) is 0 Å². The van der Waals surface area contributed by atoms with Crippen LogP contribution in [0.1, 0.15) is 74.8 Å². The molecular formula is C28H36N2O3. The third kappa shape index (κ3) is 3.46. The van der Waals surface area contributed by atoms with Crippen LogP contribution in [0.5, 0.6) is 0 Å². The van der Waals surface area contributed by atoms with Crippen LogP contribution in [-0.4, -0.2) is 47.0 Å². The van der Waals surface area contributed by atoms with Crippen molar-refractivity contribution in [2.45, 2.75) is 94.4 Å². The fraction of sp³-hybridized carbons (Fsp3) is 0.643. The van der Waals surface area contributed by atoms with Crippen molar-refractivity contribution in [2.75, 3.05) is 6.54 Å². The van der Waals surface area contributed by atoms with Gasteiger partial charge in [-0.2, -0.15) is 0 Å². The Morgan fingerprint density at radius 2 is 1.76 bits per heavy atom. The summed E-state index contributed by atoms with van der Waals surface area (Å²) >= 11 is 0. The standard InChI is InChI=1S/C28H36N2O3/c1-18-11-13-20(14-12-18)23-22-15-16-28(33-22)24(23)27(32)30(17-19-7-3-2-4-8-19)25(28)26(31)29-21-9-5-6-10-21/h11-16,19,21-25H,2-10,17H2,1H3,(H,29,31)/t22-,23-,24+,25-,28-/m1/s1. The number of benzene rings is 1. The minimum Gasteiger partial charge on any atom is -0.359 e. The van der Waals surface area contributed by atoms with Crippen molar-refractivity contribution in [1.29, 1.82) is 0 Å². The molecule has 0 unspecified atom stereocenters. The van der Waals surface area contributed by atoms with Crippen LogP contribution in [0, 0.1) is 18.8 Å². The molecule has 6 rings (SSSR count). The van der Waals surface area contributed by atoms with Gasteiger partial charge < -0.3 is 15.0 Å². The van der Waals surface area contributed by atoms with E-state index in [0.29, 0.717) is 12.5 Å². The lowest BCUT2D eigenvalue weighted by atomic mass is 9.72. The monoisotopic (exact) mass is 448 g/mol. The Hall–Kier alpha value is -2.14. The molecule has 3 heterocycles. The number of hydrogen-bond donors (Lipinski definition) is 1. The summed E-state index contributed by atoms with van der Waals surface area (Å²) in [6.07, 6.45) is 14.5. The third-order valence-corrected chi connectivity index (χ3v) is 8.97. The summed E-state index contributed by atoms with van der Waals surface area (Å²) in [4.78, 5) is 29.8. The molecule has 2 aliphatic carbocycles. The Kier molecular flexibility index (Phi) is 5.36. The number of nitrogens with zero attached hydrogens (tertiary/aromatic N) is 1. The van der Waals surface area contributed by atoms with E-state index in [0.717, 1.165) is 31.2 Å². The van der Waals surface area contributed by atoms with E-state index in [1.165, 1.54) is 37.7 Å². The number of rotatable bonds is 5. The second-order valence-electron chi connectivity index (χ2n) is 11.1. The summed E-state index contributed by atoms with van der Waals surface area (Å²) < 4.78 is 6.63. The number of amides is 2. The van der Waals surface area contributed by atoms with Crippen LogP contribution in [0.25, 0.3) is 0 Å². The van der Waals surface area contributed by atoms with Crippen molar-refractivity contribution in [3.63, 3.8) is 0 Å². The molecule has 1 spiro atoms. The quantitative estimate of drug-likeness (QED) is 0.685. The predicted molar refractivity (Wildman–Crippen MR) is 127 cm³/mol. The van der Waals surface area contributed by atoms with E-state index in [2.05, 4.69) is 48.7 Å². The molecule has 2 bridgehead atoms. The largest absolute Gasteiger partial charge is 0.359 e. The maximum atomic E-state index is 14.1. The van der Waals surface area contributed by atoms with Crippen molar-refractivity contribution in [1.82, 2.24) is 10.2 Å². The number of likely N-dealkylation sites (tertiary alicyclic amines) is 1. The zero-order valence-electron chi connectivity index (χ0n) is 19.7. The molecule has 5 aliphatic rings. The first-order chi connectivity index (χ1) is 16.1. The van der Waals surface area contributed by atoms with Crippen LogP contribution in [-0.2, 0) is 14.3 Å². The molecule has 5 nitrogen and oxygen atoms in total. The molecular weight excluding hydrogens is 412 g/mol. The maximum Gasteiger partial charge on any atom is 0.246 e. The van der Waals surface area contributed by atoms with Crippen LogP contribution >= 0.6 is 0 Å². The number of fused-ring (bicyclic) bond motifs is 1. The topological polar surface area (TPSA) is 58.6 Å². The predicted octanol–water partition coefficient (Wildman–Crippen LogP) is 4.25. The fourth-order valence-corrected chi connectivity index (χ4v) is 7.33. The summed E-state index contributed by atoms with van der Waals surface area (Å²) in [5.41, 5.74) is 1.51. The Labute approximate surface area is 196 Å². The van der Waals surface area contributed by atoms with Gasteiger partial charge in [0.25, 0.3) is 0 Å². The zero-order chi connectivity index (χ0) is 22.6. The SMILES string of the molecule is Cc1ccc([C@H]2[C@H]3C(=O)N(CC4CCCCC4)[C@H](C(=O)NC4CCCC4)[C@@]34C=C[C@H]2O4)cc1. The van der Waals surface area contributed by atoms with E-state index in [1.807, 2.05) is 4.90 Å². The van der Waals surface area contributed by atoms with Crippen LogP contribution in [0.4, 0.5) is 0 Å². The molecule has 1 N–H and O–H groups in total. The van der Waals surface area contributed by atoms with E-state index >= 15 is 0 Å². The molecule has 1 aromatic rings. The van der Waals surface area contributed by atoms with Crippen molar-refractivity contribution in [3.8, 4) is 0 Å². The van der Waals surface area contributed by atoms with Gasteiger partial charge in [-0.05, 0) is 44.1 Å². The average Bonchev–Trinajstić information content (AvgIpc) is 3.58. The molecule has 0 aromatic heterocycles. The van der Waals surface area contributed by atoms with Crippen molar-refractivity contribution >= 4 is 11.8 Å². The molecule has 3 aliphatic heterocycles. The molecule has 5 atom stereocenters. The summed E-state index contributed by atoms with van der Waals surface area (Å²) in [7, 11) is 0. The second kappa shape index (κ2) is 8.26. The number of aryl methyl sites for hydroxylation is 1. The minimum absolute atomic E-state index is 0.0107. The Morgan fingerprint density at radius 1 is 1.06 bits per heavy atom. The van der Waals surface area contributed by atoms with Gasteiger partial charge in [0.2, 0.25) is 11.8 Å². The highest BCUT2D eigenvalue weighted by Gasteiger charge is 2.71. The number of carbonyl (C=O) groups is 2. The van der Waals surface area contributed by atoms with Crippen LogP contribution < -0.4 is 5.32 Å². The highest BCUT2D eigenvalue weighted by Crippen LogP contribution is 2.58. The third-order valence-electron chi connectivity index (χ3n) is 8.97. The number of carbonyl (C=O) groups excluding carboxylic acids is 2. The van der Waals surface area contributed by atoms with Crippen molar-refractivity contribution in [2.24, 2.45) is 11.8 Å². The molecule has 2 amide bonds.